The summed E-state index contributed by atoms with van der Waals surface area (Å²) in [5.74, 6) is -0.386. The Labute approximate surface area is 110 Å². The van der Waals surface area contributed by atoms with Crippen LogP contribution in [0, 0.1) is 5.82 Å². The zero-order valence-corrected chi connectivity index (χ0v) is 10.9. The third-order valence-electron chi connectivity index (χ3n) is 2.61. The van der Waals surface area contributed by atoms with E-state index in [9.17, 15) is 4.39 Å². The number of rotatable bonds is 4. The fourth-order valence-electron chi connectivity index (χ4n) is 1.82. The average Bonchev–Trinajstić information content (AvgIpc) is 2.71. The lowest BCUT2D eigenvalue weighted by atomic mass is 10.1. The predicted octanol–water partition coefficient (Wildman–Crippen LogP) is 2.61. The molecule has 0 saturated heterocycles. The second-order valence-electron chi connectivity index (χ2n) is 4.44. The number of nitrogens with zero attached hydrogens (tertiary/aromatic N) is 2. The summed E-state index contributed by atoms with van der Waals surface area (Å²) in [4.78, 5) is 0. The molecule has 2 rings (SSSR count). The molecule has 5 heteroatoms. The number of aromatic nitrogens is 2. The van der Waals surface area contributed by atoms with Crippen LogP contribution in [0.3, 0.4) is 0 Å². The van der Waals surface area contributed by atoms with E-state index in [2.05, 4.69) is 5.10 Å². The summed E-state index contributed by atoms with van der Waals surface area (Å²) in [6.07, 6.45) is 4.40. The molecule has 1 unspecified atom stereocenters. The fraction of sp³-hybridized carbons (Fsp3) is 0.308. The molecule has 96 valence electrons. The number of hydrogen-bond donors (Lipinski definition) is 1. The summed E-state index contributed by atoms with van der Waals surface area (Å²) in [5.41, 5.74) is 7.29. The zero-order valence-electron chi connectivity index (χ0n) is 10.1. The van der Waals surface area contributed by atoms with Crippen LogP contribution in [0.4, 0.5) is 4.39 Å². The predicted molar refractivity (Wildman–Crippen MR) is 70.1 cm³/mol. The summed E-state index contributed by atoms with van der Waals surface area (Å²) in [6.45, 7) is 2.30. The van der Waals surface area contributed by atoms with E-state index in [0.29, 0.717) is 12.1 Å². The molecule has 0 aliphatic heterocycles. The molecule has 0 aliphatic rings. The Kier molecular flexibility index (Phi) is 3.99. The Balaban J connectivity index is 2.14. The van der Waals surface area contributed by atoms with Gasteiger partial charge >= 0.3 is 0 Å². The largest absolute Gasteiger partial charge is 0.328 e. The lowest BCUT2D eigenvalue weighted by Gasteiger charge is -2.05. The van der Waals surface area contributed by atoms with E-state index >= 15 is 0 Å². The van der Waals surface area contributed by atoms with Crippen LogP contribution in [0.5, 0.6) is 0 Å². The van der Waals surface area contributed by atoms with Gasteiger partial charge in [-0.2, -0.15) is 5.10 Å². The first-order chi connectivity index (χ1) is 8.56. The topological polar surface area (TPSA) is 43.8 Å². The molecule has 0 aliphatic carbocycles. The third-order valence-corrected chi connectivity index (χ3v) is 2.90. The Morgan fingerprint density at radius 1 is 1.50 bits per heavy atom. The van der Waals surface area contributed by atoms with E-state index in [-0.39, 0.29) is 16.9 Å². The zero-order chi connectivity index (χ0) is 13.1. The first kappa shape index (κ1) is 13.1. The average molecular weight is 268 g/mol. The minimum absolute atomic E-state index is 0.0885. The van der Waals surface area contributed by atoms with Gasteiger partial charge in [-0.05, 0) is 25.0 Å². The van der Waals surface area contributed by atoms with Crippen molar-refractivity contribution in [2.45, 2.75) is 25.9 Å². The van der Waals surface area contributed by atoms with Crippen molar-refractivity contribution in [1.29, 1.82) is 0 Å². The molecule has 2 N–H and O–H groups in total. The second kappa shape index (κ2) is 5.50. The summed E-state index contributed by atoms with van der Waals surface area (Å²) in [6, 6.07) is 5.05. The molecule has 0 saturated carbocycles. The molecule has 0 bridgehead atoms. The normalized spacial score (nSPS) is 12.7. The highest BCUT2D eigenvalue weighted by Crippen LogP contribution is 2.18. The standard InChI is InChI=1S/C13H15ClFN3/c1-9(16)5-10-6-17-18(7-10)8-11-3-2-4-12(14)13(11)15/h2-4,6-7,9H,5,8,16H2,1H3. The molecule has 1 aromatic carbocycles. The van der Waals surface area contributed by atoms with E-state index in [4.69, 9.17) is 17.3 Å². The van der Waals surface area contributed by atoms with Crippen LogP contribution in [-0.4, -0.2) is 15.8 Å². The van der Waals surface area contributed by atoms with Crippen molar-refractivity contribution in [1.82, 2.24) is 9.78 Å². The van der Waals surface area contributed by atoms with Gasteiger partial charge in [-0.1, -0.05) is 23.7 Å². The van der Waals surface area contributed by atoms with Gasteiger partial charge in [-0.25, -0.2) is 4.39 Å². The highest BCUT2D eigenvalue weighted by molar-refractivity contribution is 6.30. The molecule has 18 heavy (non-hydrogen) atoms. The van der Waals surface area contributed by atoms with E-state index in [1.165, 1.54) is 6.07 Å². The van der Waals surface area contributed by atoms with Gasteiger partial charge in [-0.15, -0.1) is 0 Å². The van der Waals surface area contributed by atoms with Crippen LogP contribution in [0.25, 0.3) is 0 Å². The van der Waals surface area contributed by atoms with Crippen molar-refractivity contribution in [2.24, 2.45) is 5.73 Å². The number of halogens is 2. The Bertz CT molecular complexity index is 537. The lowest BCUT2D eigenvalue weighted by molar-refractivity contribution is 0.585. The molecule has 0 radical (unpaired) electrons. The van der Waals surface area contributed by atoms with E-state index in [1.807, 2.05) is 13.1 Å². The molecule has 1 atom stereocenters. The lowest BCUT2D eigenvalue weighted by Crippen LogP contribution is -2.17. The van der Waals surface area contributed by atoms with Crippen molar-refractivity contribution in [3.8, 4) is 0 Å². The summed E-state index contributed by atoms with van der Waals surface area (Å²) in [7, 11) is 0. The molecule has 1 aromatic heterocycles. The van der Waals surface area contributed by atoms with Crippen molar-refractivity contribution in [3.05, 3.63) is 52.6 Å². The highest BCUT2D eigenvalue weighted by atomic mass is 35.5. The van der Waals surface area contributed by atoms with Crippen molar-refractivity contribution >= 4 is 11.6 Å². The Morgan fingerprint density at radius 3 is 3.00 bits per heavy atom. The van der Waals surface area contributed by atoms with Gasteiger partial charge in [0.05, 0.1) is 17.8 Å². The van der Waals surface area contributed by atoms with Crippen LogP contribution in [0.1, 0.15) is 18.1 Å². The number of hydrogen-bond acceptors (Lipinski definition) is 2. The van der Waals surface area contributed by atoms with Crippen LogP contribution in [0.2, 0.25) is 5.02 Å². The molecule has 3 nitrogen and oxygen atoms in total. The van der Waals surface area contributed by atoms with Gasteiger partial charge in [-0.3, -0.25) is 4.68 Å². The van der Waals surface area contributed by atoms with Crippen LogP contribution in [-0.2, 0) is 13.0 Å². The minimum Gasteiger partial charge on any atom is -0.328 e. The first-order valence-corrected chi connectivity index (χ1v) is 6.14. The molecule has 2 aromatic rings. The van der Waals surface area contributed by atoms with Gasteiger partial charge in [0.15, 0.2) is 0 Å². The van der Waals surface area contributed by atoms with Gasteiger partial charge in [0.1, 0.15) is 5.82 Å². The number of benzene rings is 1. The third kappa shape index (κ3) is 3.09. The van der Waals surface area contributed by atoms with Crippen LogP contribution < -0.4 is 5.73 Å². The van der Waals surface area contributed by atoms with E-state index < -0.39 is 0 Å². The molecular weight excluding hydrogens is 253 g/mol. The van der Waals surface area contributed by atoms with Crippen LogP contribution in [0.15, 0.2) is 30.6 Å². The van der Waals surface area contributed by atoms with Crippen molar-refractivity contribution < 1.29 is 4.39 Å². The summed E-state index contributed by atoms with van der Waals surface area (Å²) >= 11 is 5.73. The first-order valence-electron chi connectivity index (χ1n) is 5.76. The maximum absolute atomic E-state index is 13.7. The maximum atomic E-state index is 13.7. The molecular formula is C13H15ClFN3. The quantitative estimate of drug-likeness (QED) is 0.925. The van der Waals surface area contributed by atoms with Gasteiger partial charge in [0.25, 0.3) is 0 Å². The highest BCUT2D eigenvalue weighted by Gasteiger charge is 2.08. The molecule has 0 spiro atoms. The summed E-state index contributed by atoms with van der Waals surface area (Å²) < 4.78 is 15.4. The maximum Gasteiger partial charge on any atom is 0.146 e. The second-order valence-corrected chi connectivity index (χ2v) is 4.85. The van der Waals surface area contributed by atoms with Crippen molar-refractivity contribution in [2.75, 3.05) is 0 Å². The molecule has 0 amide bonds. The molecule has 1 heterocycles. The minimum atomic E-state index is -0.386. The summed E-state index contributed by atoms with van der Waals surface area (Å²) in [5, 5.41) is 4.32. The smallest absolute Gasteiger partial charge is 0.146 e. The van der Waals surface area contributed by atoms with Gasteiger partial charge < -0.3 is 5.73 Å². The van der Waals surface area contributed by atoms with E-state index in [0.717, 1.165) is 12.0 Å². The Morgan fingerprint density at radius 2 is 2.28 bits per heavy atom. The fourth-order valence-corrected chi connectivity index (χ4v) is 2.01. The SMILES string of the molecule is CC(N)Cc1cnn(Cc2cccc(Cl)c2F)c1. The van der Waals surface area contributed by atoms with Crippen LogP contribution >= 0.6 is 11.6 Å². The monoisotopic (exact) mass is 267 g/mol. The van der Waals surface area contributed by atoms with Gasteiger partial charge in [0, 0.05) is 17.8 Å². The van der Waals surface area contributed by atoms with E-state index in [1.54, 1.807) is 23.0 Å². The molecule has 0 fully saturated rings. The van der Waals surface area contributed by atoms with Crippen molar-refractivity contribution in [3.63, 3.8) is 0 Å². The Hall–Kier alpha value is -1.39. The number of nitrogens with two attached hydrogens (primary N) is 1. The van der Waals surface area contributed by atoms with Gasteiger partial charge in [0.2, 0.25) is 0 Å².